The molecule has 0 aliphatic rings. The van der Waals surface area contributed by atoms with Crippen molar-refractivity contribution in [2.24, 2.45) is 7.05 Å². The van der Waals surface area contributed by atoms with Gasteiger partial charge in [-0.3, -0.25) is 19.1 Å². The van der Waals surface area contributed by atoms with E-state index in [1.165, 1.54) is 10.9 Å². The van der Waals surface area contributed by atoms with Gasteiger partial charge < -0.3 is 15.1 Å². The molecule has 0 radical (unpaired) electrons. The van der Waals surface area contributed by atoms with Crippen molar-refractivity contribution in [1.82, 2.24) is 9.36 Å². The molecule has 0 spiro atoms. The minimum absolute atomic E-state index is 0.196. The number of furan rings is 1. The standard InChI is InChI=1S/C24H22N4O4/c1-15-12-13-32-21(15)23(30)25-18-9-7-8-17(14-18)22(29)26-20-16(2)27(3)28(24(20)31)19-10-5-4-6-11-19/h4-14H,1-3H3,(H,25,30)(H,26,29). The third kappa shape index (κ3) is 3.85. The summed E-state index contributed by atoms with van der Waals surface area (Å²) in [5, 5.41) is 5.44. The molecule has 32 heavy (non-hydrogen) atoms. The number of carbonyl (C=O) groups is 2. The van der Waals surface area contributed by atoms with Crippen LogP contribution in [0.25, 0.3) is 5.69 Å². The Morgan fingerprint density at radius 2 is 1.66 bits per heavy atom. The SMILES string of the molecule is Cc1ccoc1C(=O)Nc1cccc(C(=O)Nc2c(C)n(C)n(-c3ccccc3)c2=O)c1. The first-order valence-electron chi connectivity index (χ1n) is 9.97. The summed E-state index contributed by atoms with van der Waals surface area (Å²) in [6.45, 7) is 3.53. The predicted molar refractivity (Wildman–Crippen MR) is 122 cm³/mol. The van der Waals surface area contributed by atoms with Gasteiger partial charge in [-0.2, -0.15) is 0 Å². The van der Waals surface area contributed by atoms with Gasteiger partial charge in [0.25, 0.3) is 17.4 Å². The van der Waals surface area contributed by atoms with Crippen LogP contribution in [0.2, 0.25) is 0 Å². The van der Waals surface area contributed by atoms with Crippen LogP contribution in [0.4, 0.5) is 11.4 Å². The molecule has 8 nitrogen and oxygen atoms in total. The van der Waals surface area contributed by atoms with Gasteiger partial charge in [-0.15, -0.1) is 0 Å². The lowest BCUT2D eigenvalue weighted by Crippen LogP contribution is -2.23. The fraction of sp³-hybridized carbons (Fsp3) is 0.125. The van der Waals surface area contributed by atoms with E-state index in [-0.39, 0.29) is 17.0 Å². The second-order valence-electron chi connectivity index (χ2n) is 7.36. The van der Waals surface area contributed by atoms with E-state index in [0.29, 0.717) is 28.2 Å². The Morgan fingerprint density at radius 1 is 0.906 bits per heavy atom. The van der Waals surface area contributed by atoms with Gasteiger partial charge in [0.05, 0.1) is 17.6 Å². The first kappa shape index (κ1) is 20.9. The molecule has 4 aromatic rings. The third-order valence-corrected chi connectivity index (χ3v) is 5.24. The largest absolute Gasteiger partial charge is 0.459 e. The maximum Gasteiger partial charge on any atom is 0.295 e. The molecule has 2 N–H and O–H groups in total. The number of nitrogens with one attached hydrogen (secondary N) is 2. The molecule has 2 aromatic carbocycles. The van der Waals surface area contributed by atoms with E-state index in [1.807, 2.05) is 30.3 Å². The van der Waals surface area contributed by atoms with Crippen LogP contribution in [-0.2, 0) is 7.05 Å². The number of anilines is 2. The number of hydrogen-bond donors (Lipinski definition) is 2. The number of rotatable bonds is 5. The van der Waals surface area contributed by atoms with E-state index in [9.17, 15) is 14.4 Å². The van der Waals surface area contributed by atoms with Gasteiger partial charge in [-0.25, -0.2) is 4.68 Å². The van der Waals surface area contributed by atoms with Crippen LogP contribution < -0.4 is 16.2 Å². The highest BCUT2D eigenvalue weighted by Crippen LogP contribution is 2.18. The van der Waals surface area contributed by atoms with Gasteiger partial charge in [0.2, 0.25) is 0 Å². The zero-order chi connectivity index (χ0) is 22.8. The highest BCUT2D eigenvalue weighted by molar-refractivity contribution is 6.07. The van der Waals surface area contributed by atoms with Crippen LogP contribution in [0.15, 0.2) is 76.1 Å². The Morgan fingerprint density at radius 3 is 2.34 bits per heavy atom. The lowest BCUT2D eigenvalue weighted by atomic mass is 10.1. The van der Waals surface area contributed by atoms with Crippen molar-refractivity contribution in [3.05, 3.63) is 99.9 Å². The first-order chi connectivity index (χ1) is 15.4. The normalized spacial score (nSPS) is 10.7. The van der Waals surface area contributed by atoms with Crippen LogP contribution in [-0.4, -0.2) is 21.2 Å². The first-order valence-corrected chi connectivity index (χ1v) is 9.97. The Bertz CT molecular complexity index is 1360. The fourth-order valence-electron chi connectivity index (χ4n) is 3.43. The van der Waals surface area contributed by atoms with Crippen LogP contribution in [0, 0.1) is 13.8 Å². The number of carbonyl (C=O) groups excluding carboxylic acids is 2. The summed E-state index contributed by atoms with van der Waals surface area (Å²) in [6.07, 6.45) is 1.44. The zero-order valence-corrected chi connectivity index (χ0v) is 17.9. The van der Waals surface area contributed by atoms with E-state index in [2.05, 4.69) is 10.6 Å². The van der Waals surface area contributed by atoms with E-state index in [1.54, 1.807) is 55.9 Å². The lowest BCUT2D eigenvalue weighted by Gasteiger charge is -2.08. The molecule has 0 unspecified atom stereocenters. The Labute approximate surface area is 184 Å². The smallest absolute Gasteiger partial charge is 0.295 e. The zero-order valence-electron chi connectivity index (χ0n) is 17.9. The highest BCUT2D eigenvalue weighted by atomic mass is 16.3. The maximum absolute atomic E-state index is 13.0. The molecule has 4 rings (SSSR count). The molecule has 0 aliphatic heterocycles. The molecule has 0 atom stereocenters. The Kier molecular flexibility index (Phi) is 5.51. The van der Waals surface area contributed by atoms with E-state index in [0.717, 1.165) is 0 Å². The van der Waals surface area contributed by atoms with Crippen molar-refractivity contribution in [3.8, 4) is 5.69 Å². The van der Waals surface area contributed by atoms with Crippen molar-refractivity contribution >= 4 is 23.2 Å². The van der Waals surface area contributed by atoms with Crippen molar-refractivity contribution in [3.63, 3.8) is 0 Å². The molecular formula is C24H22N4O4. The predicted octanol–water partition coefficient (Wildman–Crippen LogP) is 3.89. The van der Waals surface area contributed by atoms with Gasteiger partial charge in [0, 0.05) is 23.9 Å². The molecule has 0 aliphatic carbocycles. The van der Waals surface area contributed by atoms with Crippen LogP contribution in [0.5, 0.6) is 0 Å². The van der Waals surface area contributed by atoms with Gasteiger partial charge in [0.15, 0.2) is 5.76 Å². The number of para-hydroxylation sites is 1. The van der Waals surface area contributed by atoms with Crippen LogP contribution in [0.1, 0.15) is 32.2 Å². The van der Waals surface area contributed by atoms with Crippen LogP contribution >= 0.6 is 0 Å². The topological polar surface area (TPSA) is 98.3 Å². The minimum atomic E-state index is -0.457. The van der Waals surface area contributed by atoms with Gasteiger partial charge >= 0.3 is 0 Å². The maximum atomic E-state index is 13.0. The summed E-state index contributed by atoms with van der Waals surface area (Å²) in [7, 11) is 1.76. The third-order valence-electron chi connectivity index (χ3n) is 5.24. The molecule has 0 bridgehead atoms. The molecule has 162 valence electrons. The summed E-state index contributed by atoms with van der Waals surface area (Å²) in [6, 6.07) is 17.4. The van der Waals surface area contributed by atoms with Crippen LogP contribution in [0.3, 0.4) is 0 Å². The molecule has 0 fully saturated rings. The quantitative estimate of drug-likeness (QED) is 0.502. The number of aryl methyl sites for hydroxylation is 1. The molecule has 0 saturated carbocycles. The second-order valence-corrected chi connectivity index (χ2v) is 7.36. The average Bonchev–Trinajstić information content (AvgIpc) is 3.31. The summed E-state index contributed by atoms with van der Waals surface area (Å²) >= 11 is 0. The Balaban J connectivity index is 1.58. The number of hydrogen-bond acceptors (Lipinski definition) is 4. The lowest BCUT2D eigenvalue weighted by molar-refractivity contribution is 0.0992. The van der Waals surface area contributed by atoms with E-state index >= 15 is 0 Å². The van der Waals surface area contributed by atoms with Gasteiger partial charge in [0.1, 0.15) is 5.69 Å². The van der Waals surface area contributed by atoms with Crippen molar-refractivity contribution < 1.29 is 14.0 Å². The minimum Gasteiger partial charge on any atom is -0.459 e. The second kappa shape index (κ2) is 8.43. The van der Waals surface area contributed by atoms with Crippen molar-refractivity contribution in [1.29, 1.82) is 0 Å². The molecule has 2 aromatic heterocycles. The number of aromatic nitrogens is 2. The van der Waals surface area contributed by atoms with E-state index in [4.69, 9.17) is 4.42 Å². The van der Waals surface area contributed by atoms with Gasteiger partial charge in [-0.1, -0.05) is 24.3 Å². The number of amides is 2. The number of nitrogens with zero attached hydrogens (tertiary/aromatic N) is 2. The van der Waals surface area contributed by atoms with Crippen molar-refractivity contribution in [2.45, 2.75) is 13.8 Å². The van der Waals surface area contributed by atoms with Gasteiger partial charge in [-0.05, 0) is 50.2 Å². The molecule has 0 saturated heterocycles. The molecule has 2 heterocycles. The van der Waals surface area contributed by atoms with Crippen molar-refractivity contribution in [2.75, 3.05) is 10.6 Å². The average molecular weight is 430 g/mol. The summed E-state index contributed by atoms with van der Waals surface area (Å²) < 4.78 is 8.38. The molecular weight excluding hydrogens is 408 g/mol. The van der Waals surface area contributed by atoms with E-state index < -0.39 is 11.8 Å². The monoisotopic (exact) mass is 430 g/mol. The molecule has 8 heteroatoms. The molecule has 2 amide bonds. The highest BCUT2D eigenvalue weighted by Gasteiger charge is 2.19. The number of benzene rings is 2. The summed E-state index contributed by atoms with van der Waals surface area (Å²) in [5.74, 6) is -0.655. The summed E-state index contributed by atoms with van der Waals surface area (Å²) in [4.78, 5) is 38.3. The fourth-order valence-corrected chi connectivity index (χ4v) is 3.43. The Hall–Kier alpha value is -4.33. The summed E-state index contributed by atoms with van der Waals surface area (Å²) in [5.41, 5.74) is 2.62.